The van der Waals surface area contributed by atoms with Crippen LogP contribution in [0, 0.1) is 0 Å². The summed E-state index contributed by atoms with van der Waals surface area (Å²) in [5.74, 6) is 0.0958. The van der Waals surface area contributed by atoms with Crippen LogP contribution in [0.5, 0.6) is 0 Å². The van der Waals surface area contributed by atoms with Crippen LogP contribution in [0.25, 0.3) is 0 Å². The molecule has 8 heteroatoms. The monoisotopic (exact) mass is 385 g/mol. The summed E-state index contributed by atoms with van der Waals surface area (Å²) in [6, 6.07) is 9.15. The van der Waals surface area contributed by atoms with E-state index in [4.69, 9.17) is 0 Å². The summed E-state index contributed by atoms with van der Waals surface area (Å²) in [6.07, 6.45) is 3.92. The number of amides is 4. The number of carbonyl (C=O) groups excluding carboxylic acids is 3. The van der Waals surface area contributed by atoms with Gasteiger partial charge in [-0.1, -0.05) is 18.2 Å². The third-order valence-corrected chi connectivity index (χ3v) is 5.64. The van der Waals surface area contributed by atoms with Crippen LogP contribution in [0.1, 0.15) is 32.1 Å². The Bertz CT molecular complexity index is 737. The standard InChI is InChI=1S/C20H27N5O3/c26-18(22-14-6-7-14)9-8-16-11-21-19(27)17-10-15(12-25(16)17)24-20(28)23-13-4-2-1-3-5-13/h1-5,14-17H,6-12H2,(H,21,27)(H,22,26)(H2,23,24,28)/t15-,16-,17+/m1/s1. The Balaban J connectivity index is 1.29. The van der Waals surface area contributed by atoms with Gasteiger partial charge in [0.05, 0.1) is 6.04 Å². The molecule has 1 aliphatic carbocycles. The Hall–Kier alpha value is -2.61. The molecule has 0 aromatic heterocycles. The molecule has 0 radical (unpaired) electrons. The SMILES string of the molecule is O=C(CC[C@@H]1CNC(=O)[C@@H]2C[C@@H](NC(=O)Nc3ccccc3)CN12)NC1CC1. The fraction of sp³-hybridized carbons (Fsp3) is 0.550. The smallest absolute Gasteiger partial charge is 0.319 e. The zero-order valence-corrected chi connectivity index (χ0v) is 15.8. The quantitative estimate of drug-likeness (QED) is 0.582. The van der Waals surface area contributed by atoms with Crippen molar-refractivity contribution in [1.29, 1.82) is 0 Å². The minimum Gasteiger partial charge on any atom is -0.353 e. The second kappa shape index (κ2) is 8.18. The molecule has 0 bridgehead atoms. The van der Waals surface area contributed by atoms with Gasteiger partial charge in [0.25, 0.3) is 0 Å². The van der Waals surface area contributed by atoms with Gasteiger partial charge < -0.3 is 21.3 Å². The molecule has 3 atom stereocenters. The predicted molar refractivity (Wildman–Crippen MR) is 105 cm³/mol. The number of urea groups is 1. The van der Waals surface area contributed by atoms with Crippen molar-refractivity contribution in [2.24, 2.45) is 0 Å². The normalized spacial score (nSPS) is 26.9. The van der Waals surface area contributed by atoms with Crippen molar-refractivity contribution in [1.82, 2.24) is 20.9 Å². The van der Waals surface area contributed by atoms with Crippen molar-refractivity contribution in [3.05, 3.63) is 30.3 Å². The molecule has 1 aromatic carbocycles. The first-order chi connectivity index (χ1) is 13.6. The minimum absolute atomic E-state index is 0.00597. The molecule has 1 aromatic rings. The summed E-state index contributed by atoms with van der Waals surface area (Å²) >= 11 is 0. The van der Waals surface area contributed by atoms with Crippen LogP contribution in [0.15, 0.2) is 30.3 Å². The maximum atomic E-state index is 12.3. The zero-order chi connectivity index (χ0) is 19.5. The van der Waals surface area contributed by atoms with Crippen molar-refractivity contribution in [3.8, 4) is 0 Å². The van der Waals surface area contributed by atoms with E-state index in [0.717, 1.165) is 18.5 Å². The number of carbonyl (C=O) groups is 3. The van der Waals surface area contributed by atoms with Crippen molar-refractivity contribution in [2.45, 2.75) is 56.3 Å². The molecule has 28 heavy (non-hydrogen) atoms. The van der Waals surface area contributed by atoms with Gasteiger partial charge in [-0.3, -0.25) is 14.5 Å². The Morgan fingerprint density at radius 1 is 1.11 bits per heavy atom. The highest BCUT2D eigenvalue weighted by atomic mass is 16.2. The molecule has 1 saturated carbocycles. The maximum absolute atomic E-state index is 12.3. The van der Waals surface area contributed by atoms with Crippen molar-refractivity contribution in [2.75, 3.05) is 18.4 Å². The second-order valence-electron chi connectivity index (χ2n) is 7.89. The largest absolute Gasteiger partial charge is 0.353 e. The van der Waals surface area contributed by atoms with E-state index in [1.165, 1.54) is 0 Å². The van der Waals surface area contributed by atoms with Crippen LogP contribution in [0.4, 0.5) is 10.5 Å². The molecule has 2 aliphatic heterocycles. The van der Waals surface area contributed by atoms with Gasteiger partial charge in [0.2, 0.25) is 11.8 Å². The molecule has 0 unspecified atom stereocenters. The Kier molecular flexibility index (Phi) is 5.47. The first-order valence-electron chi connectivity index (χ1n) is 10.0. The van der Waals surface area contributed by atoms with Gasteiger partial charge in [-0.15, -0.1) is 0 Å². The van der Waals surface area contributed by atoms with Crippen LogP contribution in [0.2, 0.25) is 0 Å². The van der Waals surface area contributed by atoms with Gasteiger partial charge in [-0.2, -0.15) is 0 Å². The summed E-state index contributed by atoms with van der Waals surface area (Å²) in [5, 5.41) is 11.8. The Labute approximate surface area is 164 Å². The third-order valence-electron chi connectivity index (χ3n) is 5.64. The molecule has 0 spiro atoms. The summed E-state index contributed by atoms with van der Waals surface area (Å²) in [4.78, 5) is 38.7. The predicted octanol–water partition coefficient (Wildman–Crippen LogP) is 0.808. The number of piperazine rings is 1. The van der Waals surface area contributed by atoms with Crippen LogP contribution in [-0.4, -0.2) is 60.0 Å². The van der Waals surface area contributed by atoms with Crippen LogP contribution >= 0.6 is 0 Å². The number of anilines is 1. The number of para-hydroxylation sites is 1. The van der Waals surface area contributed by atoms with Gasteiger partial charge in [0.15, 0.2) is 0 Å². The molecule has 4 amide bonds. The van der Waals surface area contributed by atoms with Crippen LogP contribution < -0.4 is 21.3 Å². The lowest BCUT2D eigenvalue weighted by Gasteiger charge is -2.37. The zero-order valence-electron chi connectivity index (χ0n) is 15.8. The summed E-state index contributed by atoms with van der Waals surface area (Å²) < 4.78 is 0. The van der Waals surface area contributed by atoms with Gasteiger partial charge in [0, 0.05) is 43.3 Å². The van der Waals surface area contributed by atoms with E-state index < -0.39 is 0 Å². The van der Waals surface area contributed by atoms with E-state index in [1.54, 1.807) is 0 Å². The van der Waals surface area contributed by atoms with Crippen molar-refractivity contribution >= 4 is 23.5 Å². The van der Waals surface area contributed by atoms with E-state index in [1.807, 2.05) is 30.3 Å². The third kappa shape index (κ3) is 4.62. The van der Waals surface area contributed by atoms with Crippen LogP contribution in [0.3, 0.4) is 0 Å². The number of fused-ring (bicyclic) bond motifs is 1. The Morgan fingerprint density at radius 2 is 1.89 bits per heavy atom. The first kappa shape index (κ1) is 18.7. The average molecular weight is 385 g/mol. The highest BCUT2D eigenvalue weighted by molar-refractivity contribution is 5.89. The molecule has 8 nitrogen and oxygen atoms in total. The Morgan fingerprint density at radius 3 is 2.64 bits per heavy atom. The van der Waals surface area contributed by atoms with Gasteiger partial charge >= 0.3 is 6.03 Å². The lowest BCUT2D eigenvalue weighted by atomic mass is 10.0. The number of hydrogen-bond acceptors (Lipinski definition) is 4. The van der Waals surface area contributed by atoms with E-state index in [0.29, 0.717) is 38.4 Å². The fourth-order valence-corrected chi connectivity index (χ4v) is 4.05. The van der Waals surface area contributed by atoms with Gasteiger partial charge in [0.1, 0.15) is 0 Å². The van der Waals surface area contributed by atoms with E-state index >= 15 is 0 Å². The highest BCUT2D eigenvalue weighted by Gasteiger charge is 2.43. The van der Waals surface area contributed by atoms with Crippen molar-refractivity contribution in [3.63, 3.8) is 0 Å². The highest BCUT2D eigenvalue weighted by Crippen LogP contribution is 2.26. The molecule has 4 rings (SSSR count). The summed E-state index contributed by atoms with van der Waals surface area (Å²) in [7, 11) is 0. The topological polar surface area (TPSA) is 103 Å². The maximum Gasteiger partial charge on any atom is 0.319 e. The van der Waals surface area contributed by atoms with Crippen LogP contribution in [-0.2, 0) is 9.59 Å². The number of nitrogens with one attached hydrogen (secondary N) is 4. The molecular formula is C20H27N5O3. The molecule has 2 heterocycles. The number of benzene rings is 1. The number of hydrogen-bond donors (Lipinski definition) is 4. The molecular weight excluding hydrogens is 358 g/mol. The second-order valence-corrected chi connectivity index (χ2v) is 7.89. The molecule has 2 saturated heterocycles. The fourth-order valence-electron chi connectivity index (χ4n) is 4.05. The number of nitrogens with zero attached hydrogens (tertiary/aromatic N) is 1. The summed E-state index contributed by atoms with van der Waals surface area (Å²) in [5.41, 5.74) is 0.730. The minimum atomic E-state index is -0.267. The van der Waals surface area contributed by atoms with Gasteiger partial charge in [-0.05, 0) is 37.8 Å². The molecule has 4 N–H and O–H groups in total. The lowest BCUT2D eigenvalue weighted by molar-refractivity contribution is -0.129. The summed E-state index contributed by atoms with van der Waals surface area (Å²) in [6.45, 7) is 1.17. The average Bonchev–Trinajstić information content (AvgIpc) is 3.38. The number of rotatable bonds is 6. The molecule has 3 fully saturated rings. The first-order valence-corrected chi connectivity index (χ1v) is 10.0. The van der Waals surface area contributed by atoms with E-state index in [9.17, 15) is 14.4 Å². The molecule has 3 aliphatic rings. The van der Waals surface area contributed by atoms with Crippen molar-refractivity contribution < 1.29 is 14.4 Å². The molecule has 150 valence electrons. The van der Waals surface area contributed by atoms with Gasteiger partial charge in [-0.25, -0.2) is 4.79 Å². The lowest BCUT2D eigenvalue weighted by Crippen LogP contribution is -2.58. The van der Waals surface area contributed by atoms with E-state index in [-0.39, 0.29) is 36.0 Å². The van der Waals surface area contributed by atoms with E-state index in [2.05, 4.69) is 26.2 Å².